The van der Waals surface area contributed by atoms with E-state index in [2.05, 4.69) is 22.5 Å². The van der Waals surface area contributed by atoms with Gasteiger partial charge in [0.05, 0.1) is 23.8 Å². The van der Waals surface area contributed by atoms with Crippen molar-refractivity contribution < 1.29 is 4.79 Å². The van der Waals surface area contributed by atoms with Gasteiger partial charge in [-0.1, -0.05) is 54.1 Å². The molecule has 1 saturated carbocycles. The fourth-order valence-electron chi connectivity index (χ4n) is 3.72. The molecule has 1 aromatic heterocycles. The lowest BCUT2D eigenvalue weighted by Crippen LogP contribution is -2.30. The van der Waals surface area contributed by atoms with Crippen LogP contribution >= 0.6 is 11.6 Å². The molecule has 1 aliphatic carbocycles. The van der Waals surface area contributed by atoms with Crippen LogP contribution < -0.4 is 5.32 Å². The normalized spacial score (nSPS) is 14.7. The second-order valence-corrected chi connectivity index (χ2v) is 7.97. The molecule has 4 rings (SSSR count). The molecule has 0 aliphatic heterocycles. The average molecular weight is 394 g/mol. The van der Waals surface area contributed by atoms with Gasteiger partial charge in [0.2, 0.25) is 0 Å². The molecule has 5 heteroatoms. The van der Waals surface area contributed by atoms with Gasteiger partial charge in [-0.3, -0.25) is 9.48 Å². The highest BCUT2D eigenvalue weighted by Crippen LogP contribution is 2.41. The first-order valence-corrected chi connectivity index (χ1v) is 10.0. The van der Waals surface area contributed by atoms with Crippen LogP contribution in [0.4, 0.5) is 0 Å². The number of rotatable bonds is 6. The smallest absolute Gasteiger partial charge is 0.255 e. The first-order chi connectivity index (χ1) is 13.5. The average Bonchev–Trinajstić information content (AvgIpc) is 3.48. The van der Waals surface area contributed by atoms with Gasteiger partial charge < -0.3 is 5.32 Å². The van der Waals surface area contributed by atoms with Crippen LogP contribution in [0.25, 0.3) is 0 Å². The SMILES string of the molecule is Cc1nn(Cc2ccccc2)c(C)c1C(=O)N[C@@H](c1ccc(Cl)cc1)C1CC1. The van der Waals surface area contributed by atoms with Gasteiger partial charge in [0, 0.05) is 10.7 Å². The van der Waals surface area contributed by atoms with E-state index in [9.17, 15) is 4.79 Å². The van der Waals surface area contributed by atoms with Gasteiger partial charge in [0.1, 0.15) is 0 Å². The zero-order chi connectivity index (χ0) is 19.7. The summed E-state index contributed by atoms with van der Waals surface area (Å²) in [5.74, 6) is 0.436. The fourth-order valence-corrected chi connectivity index (χ4v) is 3.85. The van der Waals surface area contributed by atoms with Crippen LogP contribution in [0.3, 0.4) is 0 Å². The Labute approximate surface area is 170 Å². The molecule has 0 radical (unpaired) electrons. The van der Waals surface area contributed by atoms with Crippen molar-refractivity contribution in [1.82, 2.24) is 15.1 Å². The molecular formula is C23H24ClN3O. The molecule has 1 heterocycles. The molecule has 4 nitrogen and oxygen atoms in total. The van der Waals surface area contributed by atoms with Crippen LogP contribution in [-0.2, 0) is 6.54 Å². The molecule has 0 unspecified atom stereocenters. The maximum absolute atomic E-state index is 13.1. The molecular weight excluding hydrogens is 370 g/mol. The summed E-state index contributed by atoms with van der Waals surface area (Å²) in [5.41, 5.74) is 4.60. The van der Waals surface area contributed by atoms with E-state index in [-0.39, 0.29) is 11.9 Å². The van der Waals surface area contributed by atoms with Crippen molar-refractivity contribution in [1.29, 1.82) is 0 Å². The Morgan fingerprint density at radius 2 is 1.82 bits per heavy atom. The number of hydrogen-bond donors (Lipinski definition) is 1. The number of hydrogen-bond acceptors (Lipinski definition) is 2. The van der Waals surface area contributed by atoms with Gasteiger partial charge in [0.25, 0.3) is 5.91 Å². The number of amides is 1. The predicted octanol–water partition coefficient (Wildman–Crippen LogP) is 5.08. The summed E-state index contributed by atoms with van der Waals surface area (Å²) in [4.78, 5) is 13.1. The molecule has 0 saturated heterocycles. The minimum atomic E-state index is -0.0545. The maximum atomic E-state index is 13.1. The summed E-state index contributed by atoms with van der Waals surface area (Å²) in [6.45, 7) is 4.52. The number of benzene rings is 2. The number of carbonyl (C=O) groups is 1. The monoisotopic (exact) mass is 393 g/mol. The van der Waals surface area contributed by atoms with Crippen LogP contribution in [0.5, 0.6) is 0 Å². The Hall–Kier alpha value is -2.59. The van der Waals surface area contributed by atoms with Crippen molar-refractivity contribution in [2.45, 2.75) is 39.3 Å². The number of nitrogens with zero attached hydrogens (tertiary/aromatic N) is 2. The fraction of sp³-hybridized carbons (Fsp3) is 0.304. The Morgan fingerprint density at radius 3 is 2.46 bits per heavy atom. The topological polar surface area (TPSA) is 46.9 Å². The first-order valence-electron chi connectivity index (χ1n) is 9.67. The maximum Gasteiger partial charge on any atom is 0.255 e. The van der Waals surface area contributed by atoms with Gasteiger partial charge in [-0.25, -0.2) is 0 Å². The van der Waals surface area contributed by atoms with Crippen molar-refractivity contribution in [2.75, 3.05) is 0 Å². The minimum absolute atomic E-state index is 0.0149. The molecule has 28 heavy (non-hydrogen) atoms. The number of nitrogens with one attached hydrogen (secondary N) is 1. The van der Waals surface area contributed by atoms with E-state index in [1.807, 2.05) is 61.0 Å². The summed E-state index contributed by atoms with van der Waals surface area (Å²) in [6, 6.07) is 18.0. The highest BCUT2D eigenvalue weighted by molar-refractivity contribution is 6.30. The number of halogens is 1. The van der Waals surface area contributed by atoms with E-state index in [1.54, 1.807) is 0 Å². The Balaban J connectivity index is 1.56. The highest BCUT2D eigenvalue weighted by Gasteiger charge is 2.34. The quantitative estimate of drug-likeness (QED) is 0.634. The number of aryl methyl sites for hydroxylation is 1. The molecule has 1 N–H and O–H groups in total. The Bertz CT molecular complexity index is 975. The molecule has 0 spiro atoms. The third kappa shape index (κ3) is 3.97. The summed E-state index contributed by atoms with van der Waals surface area (Å²) in [5, 5.41) is 8.58. The van der Waals surface area contributed by atoms with Crippen LogP contribution in [0.15, 0.2) is 54.6 Å². The van der Waals surface area contributed by atoms with E-state index in [0.29, 0.717) is 23.0 Å². The minimum Gasteiger partial charge on any atom is -0.345 e. The van der Waals surface area contributed by atoms with E-state index in [1.165, 1.54) is 0 Å². The summed E-state index contributed by atoms with van der Waals surface area (Å²) >= 11 is 6.03. The molecule has 2 aromatic carbocycles. The predicted molar refractivity (Wildman–Crippen MR) is 112 cm³/mol. The van der Waals surface area contributed by atoms with Crippen LogP contribution in [0, 0.1) is 19.8 Å². The lowest BCUT2D eigenvalue weighted by molar-refractivity contribution is 0.0930. The van der Waals surface area contributed by atoms with Crippen molar-refractivity contribution in [2.24, 2.45) is 5.92 Å². The lowest BCUT2D eigenvalue weighted by atomic mass is 10.0. The van der Waals surface area contributed by atoms with Crippen LogP contribution in [0.1, 0.15) is 51.8 Å². The van der Waals surface area contributed by atoms with E-state index in [4.69, 9.17) is 11.6 Å². The number of carbonyl (C=O) groups excluding carboxylic acids is 1. The van der Waals surface area contributed by atoms with Gasteiger partial charge in [0.15, 0.2) is 0 Å². The van der Waals surface area contributed by atoms with Gasteiger partial charge in [-0.15, -0.1) is 0 Å². The first kappa shape index (κ1) is 18.8. The zero-order valence-corrected chi connectivity index (χ0v) is 16.9. The Kier molecular flexibility index (Phi) is 5.23. The van der Waals surface area contributed by atoms with Crippen molar-refractivity contribution >= 4 is 17.5 Å². The summed E-state index contributed by atoms with van der Waals surface area (Å²) in [7, 11) is 0. The second-order valence-electron chi connectivity index (χ2n) is 7.53. The highest BCUT2D eigenvalue weighted by atomic mass is 35.5. The zero-order valence-electron chi connectivity index (χ0n) is 16.2. The van der Waals surface area contributed by atoms with Crippen LogP contribution in [0.2, 0.25) is 5.02 Å². The van der Waals surface area contributed by atoms with Gasteiger partial charge in [-0.05, 0) is 55.9 Å². The molecule has 1 amide bonds. The molecule has 3 aromatic rings. The molecule has 1 fully saturated rings. The summed E-state index contributed by atoms with van der Waals surface area (Å²) in [6.07, 6.45) is 2.28. The Morgan fingerprint density at radius 1 is 1.14 bits per heavy atom. The van der Waals surface area contributed by atoms with Crippen molar-refractivity contribution in [3.05, 3.63) is 87.7 Å². The largest absolute Gasteiger partial charge is 0.345 e. The molecule has 0 bridgehead atoms. The van der Waals surface area contributed by atoms with E-state index < -0.39 is 0 Å². The standard InChI is InChI=1S/C23H24ClN3O/c1-15-21(16(2)27(26-15)14-17-6-4-3-5-7-17)23(28)25-22(18-8-9-18)19-10-12-20(24)13-11-19/h3-7,10-13,18,22H,8-9,14H2,1-2H3,(H,25,28)/t22-/m1/s1. The molecule has 144 valence electrons. The van der Waals surface area contributed by atoms with Crippen molar-refractivity contribution in [3.8, 4) is 0 Å². The van der Waals surface area contributed by atoms with Crippen LogP contribution in [-0.4, -0.2) is 15.7 Å². The molecule has 1 atom stereocenters. The molecule has 1 aliphatic rings. The second kappa shape index (κ2) is 7.80. The summed E-state index contributed by atoms with van der Waals surface area (Å²) < 4.78 is 1.91. The van der Waals surface area contributed by atoms with E-state index >= 15 is 0 Å². The van der Waals surface area contributed by atoms with Crippen molar-refractivity contribution in [3.63, 3.8) is 0 Å². The van der Waals surface area contributed by atoms with Gasteiger partial charge in [-0.2, -0.15) is 5.10 Å². The lowest BCUT2D eigenvalue weighted by Gasteiger charge is -2.19. The third-order valence-corrected chi connectivity index (χ3v) is 5.64. The van der Waals surface area contributed by atoms with Gasteiger partial charge >= 0.3 is 0 Å². The number of aromatic nitrogens is 2. The third-order valence-electron chi connectivity index (χ3n) is 5.39. The van der Waals surface area contributed by atoms with E-state index in [0.717, 1.165) is 35.4 Å².